The Labute approximate surface area is 118 Å². The number of rotatable bonds is 2. The van der Waals surface area contributed by atoms with E-state index in [1.165, 1.54) is 6.07 Å². The van der Waals surface area contributed by atoms with Gasteiger partial charge in [-0.1, -0.05) is 0 Å². The van der Waals surface area contributed by atoms with Gasteiger partial charge in [-0.3, -0.25) is 4.79 Å². The average Bonchev–Trinajstić information content (AvgIpc) is 2.42. The maximum absolute atomic E-state index is 13.7. The second-order valence-electron chi connectivity index (χ2n) is 5.09. The first-order valence-electron chi connectivity index (χ1n) is 6.68. The van der Waals surface area contributed by atoms with Crippen molar-refractivity contribution in [2.45, 2.75) is 25.3 Å². The Morgan fingerprint density at radius 1 is 1.14 bits per heavy atom. The van der Waals surface area contributed by atoms with Crippen molar-refractivity contribution in [1.29, 1.82) is 0 Å². The van der Waals surface area contributed by atoms with E-state index >= 15 is 0 Å². The Bertz CT molecular complexity index is 719. The van der Waals surface area contributed by atoms with Gasteiger partial charge in [0.1, 0.15) is 11.5 Å². The molecule has 0 bridgehead atoms. The third-order valence-electron chi connectivity index (χ3n) is 3.66. The highest BCUT2D eigenvalue weighted by Crippen LogP contribution is 2.32. The number of aromatic amines is 1. The van der Waals surface area contributed by atoms with Crippen molar-refractivity contribution in [3.8, 4) is 0 Å². The molecule has 3 rings (SSSR count). The fraction of sp³-hybridized carbons (Fsp3) is 0.267. The summed E-state index contributed by atoms with van der Waals surface area (Å²) in [7, 11) is 0. The summed E-state index contributed by atoms with van der Waals surface area (Å²) < 4.78 is 40.3. The molecule has 110 valence electrons. The highest BCUT2D eigenvalue weighted by atomic mass is 19.1. The molecule has 0 spiro atoms. The van der Waals surface area contributed by atoms with E-state index < -0.39 is 17.5 Å². The van der Waals surface area contributed by atoms with Crippen molar-refractivity contribution >= 4 is 5.69 Å². The molecule has 1 atom stereocenters. The molecular weight excluding hydrogens is 281 g/mol. The van der Waals surface area contributed by atoms with Crippen LogP contribution < -0.4 is 10.9 Å². The predicted octanol–water partition coefficient (Wildman–Crippen LogP) is 3.28. The van der Waals surface area contributed by atoms with Crippen LogP contribution in [0.4, 0.5) is 18.9 Å². The first-order chi connectivity index (χ1) is 10.0. The summed E-state index contributed by atoms with van der Waals surface area (Å²) in [5.41, 5.74) is 1.03. The van der Waals surface area contributed by atoms with Gasteiger partial charge in [-0.25, -0.2) is 13.2 Å². The van der Waals surface area contributed by atoms with Crippen LogP contribution in [0, 0.1) is 17.5 Å². The topological polar surface area (TPSA) is 44.9 Å². The molecule has 6 heteroatoms. The lowest BCUT2D eigenvalue weighted by Gasteiger charge is -2.27. The second-order valence-corrected chi connectivity index (χ2v) is 5.09. The Hall–Kier alpha value is -2.24. The lowest BCUT2D eigenvalue weighted by atomic mass is 9.91. The summed E-state index contributed by atoms with van der Waals surface area (Å²) in [5, 5.41) is 2.78. The Balaban J connectivity index is 1.96. The van der Waals surface area contributed by atoms with Gasteiger partial charge >= 0.3 is 0 Å². The Morgan fingerprint density at radius 2 is 1.86 bits per heavy atom. The number of fused-ring (bicyclic) bond motifs is 1. The maximum atomic E-state index is 13.7. The van der Waals surface area contributed by atoms with E-state index in [1.54, 1.807) is 6.07 Å². The van der Waals surface area contributed by atoms with Crippen LogP contribution in [0.15, 0.2) is 29.1 Å². The maximum Gasteiger partial charge on any atom is 0.248 e. The third-order valence-corrected chi connectivity index (χ3v) is 3.66. The molecule has 1 unspecified atom stereocenters. The van der Waals surface area contributed by atoms with Crippen LogP contribution in [0.3, 0.4) is 0 Å². The molecule has 1 aromatic carbocycles. The minimum absolute atomic E-state index is 0.200. The van der Waals surface area contributed by atoms with Crippen molar-refractivity contribution < 1.29 is 13.2 Å². The van der Waals surface area contributed by atoms with Crippen LogP contribution in [0.5, 0.6) is 0 Å². The van der Waals surface area contributed by atoms with Crippen LogP contribution in [-0.4, -0.2) is 4.98 Å². The standard InChI is InChI=1S/C15H13F3N2O/c16-8-6-10(17)15(11(18)7-8)20-13-3-1-2-12-9(13)4-5-14(21)19-12/h4-7,13,20H,1-3H2,(H,19,21). The molecule has 0 saturated heterocycles. The Morgan fingerprint density at radius 3 is 2.57 bits per heavy atom. The summed E-state index contributed by atoms with van der Waals surface area (Å²) in [6.45, 7) is 0. The van der Waals surface area contributed by atoms with Crippen LogP contribution in [-0.2, 0) is 6.42 Å². The second kappa shape index (κ2) is 5.27. The van der Waals surface area contributed by atoms with Crippen molar-refractivity contribution in [1.82, 2.24) is 4.98 Å². The zero-order chi connectivity index (χ0) is 15.0. The zero-order valence-corrected chi connectivity index (χ0v) is 11.1. The average molecular weight is 294 g/mol. The largest absolute Gasteiger partial charge is 0.373 e. The van der Waals surface area contributed by atoms with E-state index in [0.29, 0.717) is 18.6 Å². The van der Waals surface area contributed by atoms with Gasteiger partial charge in [0.2, 0.25) is 5.56 Å². The molecule has 0 amide bonds. The van der Waals surface area contributed by atoms with E-state index in [4.69, 9.17) is 0 Å². The molecule has 2 N–H and O–H groups in total. The van der Waals surface area contributed by atoms with E-state index in [-0.39, 0.29) is 17.3 Å². The fourth-order valence-corrected chi connectivity index (χ4v) is 2.70. The van der Waals surface area contributed by atoms with Gasteiger partial charge < -0.3 is 10.3 Å². The van der Waals surface area contributed by atoms with Gasteiger partial charge in [0.15, 0.2) is 11.6 Å². The molecule has 2 aromatic rings. The van der Waals surface area contributed by atoms with Crippen molar-refractivity contribution in [3.05, 3.63) is 63.3 Å². The zero-order valence-electron chi connectivity index (χ0n) is 11.1. The Kier molecular flexibility index (Phi) is 3.45. The van der Waals surface area contributed by atoms with E-state index in [9.17, 15) is 18.0 Å². The minimum Gasteiger partial charge on any atom is -0.373 e. The lowest BCUT2D eigenvalue weighted by molar-refractivity contribution is 0.534. The molecule has 3 nitrogen and oxygen atoms in total. The summed E-state index contributed by atoms with van der Waals surface area (Å²) >= 11 is 0. The van der Waals surface area contributed by atoms with Crippen LogP contribution >= 0.6 is 0 Å². The van der Waals surface area contributed by atoms with Crippen LogP contribution in [0.2, 0.25) is 0 Å². The first kappa shape index (κ1) is 13.7. The van der Waals surface area contributed by atoms with Gasteiger partial charge in [0.25, 0.3) is 0 Å². The number of H-pyrrole nitrogens is 1. The van der Waals surface area contributed by atoms with E-state index in [0.717, 1.165) is 24.1 Å². The minimum atomic E-state index is -0.968. The number of anilines is 1. The normalized spacial score (nSPS) is 17.4. The molecule has 1 heterocycles. The molecule has 0 aliphatic heterocycles. The van der Waals surface area contributed by atoms with Crippen LogP contribution in [0.25, 0.3) is 0 Å². The molecule has 0 radical (unpaired) electrons. The van der Waals surface area contributed by atoms with Crippen molar-refractivity contribution in [2.75, 3.05) is 5.32 Å². The number of aryl methyl sites for hydroxylation is 1. The molecule has 21 heavy (non-hydrogen) atoms. The van der Waals surface area contributed by atoms with Crippen LogP contribution in [0.1, 0.15) is 30.1 Å². The summed E-state index contributed by atoms with van der Waals surface area (Å²) in [6, 6.07) is 4.00. The highest BCUT2D eigenvalue weighted by molar-refractivity contribution is 5.49. The summed E-state index contributed by atoms with van der Waals surface area (Å²) in [4.78, 5) is 14.1. The number of pyridine rings is 1. The summed E-state index contributed by atoms with van der Waals surface area (Å²) in [5.74, 6) is -2.89. The van der Waals surface area contributed by atoms with Gasteiger partial charge in [-0.15, -0.1) is 0 Å². The fourth-order valence-electron chi connectivity index (χ4n) is 2.70. The quantitative estimate of drug-likeness (QED) is 0.892. The molecule has 0 fully saturated rings. The SMILES string of the molecule is O=c1ccc2c([nH]1)CCCC2Nc1c(F)cc(F)cc1F. The highest BCUT2D eigenvalue weighted by Gasteiger charge is 2.23. The van der Waals surface area contributed by atoms with E-state index in [2.05, 4.69) is 10.3 Å². The molecule has 1 aliphatic carbocycles. The van der Waals surface area contributed by atoms with Gasteiger partial charge in [-0.2, -0.15) is 0 Å². The lowest BCUT2D eigenvalue weighted by Crippen LogP contribution is -2.22. The molecular formula is C15H13F3N2O. The van der Waals surface area contributed by atoms with Gasteiger partial charge in [0.05, 0.1) is 6.04 Å². The predicted molar refractivity (Wildman–Crippen MR) is 72.7 cm³/mol. The van der Waals surface area contributed by atoms with Gasteiger partial charge in [-0.05, 0) is 30.9 Å². The monoisotopic (exact) mass is 294 g/mol. The first-order valence-corrected chi connectivity index (χ1v) is 6.68. The molecule has 1 aliphatic rings. The summed E-state index contributed by atoms with van der Waals surface area (Å²) in [6.07, 6.45) is 2.18. The molecule has 1 aromatic heterocycles. The third kappa shape index (κ3) is 2.66. The van der Waals surface area contributed by atoms with Crippen molar-refractivity contribution in [3.63, 3.8) is 0 Å². The van der Waals surface area contributed by atoms with Gasteiger partial charge in [0, 0.05) is 23.9 Å². The molecule has 0 saturated carbocycles. The number of halogens is 3. The number of nitrogens with one attached hydrogen (secondary N) is 2. The number of aromatic nitrogens is 1. The van der Waals surface area contributed by atoms with E-state index in [1.807, 2.05) is 0 Å². The number of hydrogen-bond donors (Lipinski definition) is 2. The number of benzene rings is 1. The number of hydrogen-bond acceptors (Lipinski definition) is 2. The smallest absolute Gasteiger partial charge is 0.248 e. The van der Waals surface area contributed by atoms with Crippen molar-refractivity contribution in [2.24, 2.45) is 0 Å².